The number of alkyl halides is 3. The number of hydrogen-bond acceptors (Lipinski definition) is 4. The first-order valence-corrected chi connectivity index (χ1v) is 11.7. The van der Waals surface area contributed by atoms with Crippen LogP contribution in [0.4, 0.5) is 13.2 Å². The monoisotopic (exact) mass is 510 g/mol. The molecule has 1 aliphatic carbocycles. The minimum absolute atomic E-state index is 0.0186. The van der Waals surface area contributed by atoms with Crippen molar-refractivity contribution in [3.63, 3.8) is 0 Å². The Hall–Kier alpha value is -2.65. The molecule has 1 aromatic carbocycles. The van der Waals surface area contributed by atoms with Crippen LogP contribution in [0.3, 0.4) is 0 Å². The lowest BCUT2D eigenvalue weighted by molar-refractivity contribution is -0.208. The van der Waals surface area contributed by atoms with Crippen molar-refractivity contribution in [1.29, 1.82) is 0 Å². The maximum absolute atomic E-state index is 14.1. The molecule has 3 N–H and O–H groups in total. The number of amides is 2. The van der Waals surface area contributed by atoms with E-state index in [4.69, 9.17) is 17.3 Å². The van der Waals surface area contributed by atoms with E-state index in [0.717, 1.165) is 5.56 Å². The van der Waals surface area contributed by atoms with E-state index < -0.39 is 28.8 Å². The molecule has 2 aromatic rings. The molecule has 2 amide bonds. The Morgan fingerprint density at radius 2 is 1.94 bits per heavy atom. The first kappa shape index (κ1) is 26.9. The highest BCUT2D eigenvalue weighted by Crippen LogP contribution is 2.68. The van der Waals surface area contributed by atoms with Crippen molar-refractivity contribution in [2.45, 2.75) is 50.2 Å². The smallest absolute Gasteiger partial charge is 0.366 e. The molecule has 1 fully saturated rings. The van der Waals surface area contributed by atoms with Gasteiger partial charge < -0.3 is 16.0 Å². The van der Waals surface area contributed by atoms with Gasteiger partial charge in [0, 0.05) is 47.4 Å². The number of primary amides is 1. The summed E-state index contributed by atoms with van der Waals surface area (Å²) in [5.74, 6) is -1.05. The standard InChI is InChI=1S/C25H30ClF3N4O2/c1-23(18-5-4-10-31-14-18,24(8-9-24)25(27,28)29)13-21(34)32-15-19(33(2)3)11-16-6-7-17(22(30)35)12-20(16)26/h4-7,10,12,14,19H,8-9,11,13,15H2,1-3H3,(H2,30,35)(H,32,34)/t19-,23?/m0/s1. The maximum atomic E-state index is 14.1. The topological polar surface area (TPSA) is 88.3 Å². The van der Waals surface area contributed by atoms with Gasteiger partial charge >= 0.3 is 6.18 Å². The predicted molar refractivity (Wildman–Crippen MR) is 128 cm³/mol. The number of likely N-dealkylation sites (N-methyl/N-ethyl adjacent to an activating group) is 1. The normalized spacial score (nSPS) is 17.5. The van der Waals surface area contributed by atoms with Gasteiger partial charge in [0.1, 0.15) is 0 Å². The Morgan fingerprint density at radius 3 is 2.43 bits per heavy atom. The van der Waals surface area contributed by atoms with Crippen molar-refractivity contribution in [3.8, 4) is 0 Å². The van der Waals surface area contributed by atoms with Crippen molar-refractivity contribution < 1.29 is 22.8 Å². The van der Waals surface area contributed by atoms with Gasteiger partial charge in [-0.2, -0.15) is 13.2 Å². The second-order valence-corrected chi connectivity index (χ2v) is 10.0. The second kappa shape index (κ2) is 10.1. The minimum Gasteiger partial charge on any atom is -0.366 e. The van der Waals surface area contributed by atoms with Gasteiger partial charge in [0.15, 0.2) is 0 Å². The van der Waals surface area contributed by atoms with Crippen LogP contribution in [-0.2, 0) is 16.6 Å². The number of carbonyl (C=O) groups is 2. The molecule has 1 unspecified atom stereocenters. The van der Waals surface area contributed by atoms with Crippen LogP contribution in [0.2, 0.25) is 5.02 Å². The summed E-state index contributed by atoms with van der Waals surface area (Å²) in [6.07, 6.45) is -1.41. The summed E-state index contributed by atoms with van der Waals surface area (Å²) >= 11 is 6.31. The summed E-state index contributed by atoms with van der Waals surface area (Å²) in [6, 6.07) is 7.80. The van der Waals surface area contributed by atoms with Gasteiger partial charge in [0.25, 0.3) is 0 Å². The fourth-order valence-corrected chi connectivity index (χ4v) is 4.94. The first-order chi connectivity index (χ1) is 16.3. The maximum Gasteiger partial charge on any atom is 0.395 e. The Balaban J connectivity index is 1.74. The first-order valence-electron chi connectivity index (χ1n) is 11.3. The molecule has 35 heavy (non-hydrogen) atoms. The van der Waals surface area contributed by atoms with E-state index in [1.807, 2.05) is 19.0 Å². The largest absolute Gasteiger partial charge is 0.395 e. The summed E-state index contributed by atoms with van der Waals surface area (Å²) in [6.45, 7) is 1.72. The molecule has 1 aromatic heterocycles. The van der Waals surface area contributed by atoms with Gasteiger partial charge in [-0.15, -0.1) is 0 Å². The summed E-state index contributed by atoms with van der Waals surface area (Å²) in [5, 5.41) is 3.20. The summed E-state index contributed by atoms with van der Waals surface area (Å²) in [4.78, 5) is 30.3. The number of pyridine rings is 1. The van der Waals surface area contributed by atoms with E-state index in [1.54, 1.807) is 24.3 Å². The molecule has 1 saturated carbocycles. The lowest BCUT2D eigenvalue weighted by atomic mass is 9.66. The van der Waals surface area contributed by atoms with Gasteiger partial charge in [0.05, 0.1) is 5.41 Å². The van der Waals surface area contributed by atoms with E-state index in [9.17, 15) is 22.8 Å². The highest BCUT2D eigenvalue weighted by Gasteiger charge is 2.72. The molecule has 0 bridgehead atoms. The van der Waals surface area contributed by atoms with E-state index in [1.165, 1.54) is 25.4 Å². The Bertz CT molecular complexity index is 1070. The van der Waals surface area contributed by atoms with Crippen LogP contribution in [0.1, 0.15) is 47.7 Å². The van der Waals surface area contributed by atoms with Crippen LogP contribution in [-0.4, -0.2) is 54.6 Å². The Kier molecular flexibility index (Phi) is 7.81. The van der Waals surface area contributed by atoms with Crippen LogP contribution >= 0.6 is 11.6 Å². The van der Waals surface area contributed by atoms with Gasteiger partial charge in [0.2, 0.25) is 11.8 Å². The number of aromatic nitrogens is 1. The van der Waals surface area contributed by atoms with Crippen LogP contribution in [0.25, 0.3) is 0 Å². The molecule has 0 radical (unpaired) electrons. The number of hydrogen-bond donors (Lipinski definition) is 2. The summed E-state index contributed by atoms with van der Waals surface area (Å²) in [5.41, 5.74) is 3.36. The van der Waals surface area contributed by atoms with Crippen molar-refractivity contribution in [3.05, 3.63) is 64.4 Å². The van der Waals surface area contributed by atoms with Crippen molar-refractivity contribution in [1.82, 2.24) is 15.2 Å². The summed E-state index contributed by atoms with van der Waals surface area (Å²) in [7, 11) is 3.68. The Morgan fingerprint density at radius 1 is 1.26 bits per heavy atom. The summed E-state index contributed by atoms with van der Waals surface area (Å²) < 4.78 is 42.3. The van der Waals surface area contributed by atoms with Crippen molar-refractivity contribution in [2.75, 3.05) is 20.6 Å². The number of benzene rings is 1. The molecule has 0 spiro atoms. The molecule has 6 nitrogen and oxygen atoms in total. The number of nitrogens with two attached hydrogens (primary N) is 1. The number of rotatable bonds is 10. The molecule has 2 atom stereocenters. The highest BCUT2D eigenvalue weighted by molar-refractivity contribution is 6.31. The van der Waals surface area contributed by atoms with Crippen LogP contribution in [0, 0.1) is 5.41 Å². The zero-order chi connectivity index (χ0) is 26.0. The SMILES string of the molecule is CN(C)[C@H](CNC(=O)CC(C)(c1cccnc1)C1(C(F)(F)F)CC1)Cc1ccc(C(N)=O)cc1Cl. The molecule has 1 heterocycles. The zero-order valence-electron chi connectivity index (χ0n) is 20.0. The number of carbonyl (C=O) groups excluding carboxylic acids is 2. The quantitative estimate of drug-likeness (QED) is 0.503. The number of halogens is 4. The average molecular weight is 511 g/mol. The zero-order valence-corrected chi connectivity index (χ0v) is 20.7. The lowest BCUT2D eigenvalue weighted by Gasteiger charge is -2.39. The Labute approximate surface area is 208 Å². The average Bonchev–Trinajstić information content (AvgIpc) is 3.60. The third-order valence-corrected chi connectivity index (χ3v) is 7.57. The number of nitrogens with zero attached hydrogens (tertiary/aromatic N) is 2. The molecular weight excluding hydrogens is 481 g/mol. The van der Waals surface area contributed by atoms with Gasteiger partial charge in [-0.25, -0.2) is 0 Å². The minimum atomic E-state index is -4.43. The van der Waals surface area contributed by atoms with E-state index in [-0.39, 0.29) is 31.8 Å². The predicted octanol–water partition coefficient (Wildman–Crippen LogP) is 4.11. The van der Waals surface area contributed by atoms with E-state index >= 15 is 0 Å². The lowest BCUT2D eigenvalue weighted by Crippen LogP contribution is -2.48. The molecule has 0 saturated heterocycles. The van der Waals surface area contributed by atoms with Crippen LogP contribution in [0.15, 0.2) is 42.7 Å². The van der Waals surface area contributed by atoms with Gasteiger partial charge in [-0.1, -0.05) is 30.7 Å². The van der Waals surface area contributed by atoms with E-state index in [0.29, 0.717) is 22.6 Å². The molecular formula is C25H30ClF3N4O2. The van der Waals surface area contributed by atoms with Gasteiger partial charge in [-0.3, -0.25) is 14.6 Å². The van der Waals surface area contributed by atoms with E-state index in [2.05, 4.69) is 10.3 Å². The fraction of sp³-hybridized carbons (Fsp3) is 0.480. The fourth-order valence-electron chi connectivity index (χ4n) is 4.68. The molecule has 1 aliphatic rings. The van der Waals surface area contributed by atoms with Crippen molar-refractivity contribution in [2.24, 2.45) is 11.1 Å². The highest BCUT2D eigenvalue weighted by atomic mass is 35.5. The molecule has 3 rings (SSSR count). The third-order valence-electron chi connectivity index (χ3n) is 7.22. The van der Waals surface area contributed by atoms with Crippen molar-refractivity contribution >= 4 is 23.4 Å². The molecule has 0 aliphatic heterocycles. The van der Waals surface area contributed by atoms with Gasteiger partial charge in [-0.05, 0) is 62.7 Å². The number of nitrogens with one attached hydrogen (secondary N) is 1. The second-order valence-electron chi connectivity index (χ2n) is 9.63. The molecule has 190 valence electrons. The molecule has 10 heteroatoms. The van der Waals surface area contributed by atoms with Crippen LogP contribution < -0.4 is 11.1 Å². The van der Waals surface area contributed by atoms with Crippen LogP contribution in [0.5, 0.6) is 0 Å². The third kappa shape index (κ3) is 5.62.